The van der Waals surface area contributed by atoms with E-state index in [0.717, 1.165) is 16.0 Å². The van der Waals surface area contributed by atoms with Crippen molar-refractivity contribution in [2.45, 2.75) is 26.4 Å². The van der Waals surface area contributed by atoms with E-state index >= 15 is 0 Å². The summed E-state index contributed by atoms with van der Waals surface area (Å²) in [4.78, 5) is 27.9. The van der Waals surface area contributed by atoms with Gasteiger partial charge in [-0.2, -0.15) is 0 Å². The van der Waals surface area contributed by atoms with Crippen LogP contribution in [0, 0.1) is 6.92 Å². The molecule has 0 bridgehead atoms. The Kier molecular flexibility index (Phi) is 5.55. The molecular weight excluding hydrogens is 368 g/mol. The molecule has 144 valence electrons. The Labute approximate surface area is 161 Å². The number of ether oxygens (including phenoxy) is 2. The Hall–Kier alpha value is -2.74. The van der Waals surface area contributed by atoms with Crippen LogP contribution in [0.3, 0.4) is 0 Å². The van der Waals surface area contributed by atoms with E-state index in [2.05, 4.69) is 10.1 Å². The molecule has 0 saturated carbocycles. The molecule has 7 nitrogen and oxygen atoms in total. The summed E-state index contributed by atoms with van der Waals surface area (Å²) < 4.78 is 10.2. The molecule has 0 spiro atoms. The Bertz CT molecular complexity index is 864. The average Bonchev–Trinajstić information content (AvgIpc) is 2.95. The maximum absolute atomic E-state index is 12.7. The van der Waals surface area contributed by atoms with Crippen molar-refractivity contribution < 1.29 is 24.2 Å². The number of phenolic OH excluding ortho intramolecular Hbond substituents is 1. The van der Waals surface area contributed by atoms with Crippen LogP contribution in [0.4, 0.5) is 4.79 Å². The maximum atomic E-state index is 12.7. The summed E-state index contributed by atoms with van der Waals surface area (Å²) >= 11 is 1.63. The number of carbonyl (C=O) groups excluding carboxylic acids is 2. The minimum absolute atomic E-state index is 0.0589. The molecule has 27 heavy (non-hydrogen) atoms. The standard InChI is InChI=1S/C19H22N2O5S/c1-11-4-5-16(27-11)13-8-14-10-21(6-7-26-17(14)15(22)9-13)18(23)12(2)20-19(24)25-3/h4-5,8-9,12,22H,6-7,10H2,1-3H3,(H,20,24). The van der Waals surface area contributed by atoms with Crippen LogP contribution < -0.4 is 10.1 Å². The van der Waals surface area contributed by atoms with Gasteiger partial charge in [0.1, 0.15) is 12.6 Å². The molecule has 1 atom stereocenters. The number of aromatic hydroxyl groups is 1. The average molecular weight is 390 g/mol. The van der Waals surface area contributed by atoms with E-state index < -0.39 is 12.1 Å². The van der Waals surface area contributed by atoms with Gasteiger partial charge in [0.25, 0.3) is 0 Å². The predicted molar refractivity (Wildman–Crippen MR) is 102 cm³/mol. The largest absolute Gasteiger partial charge is 0.504 e. The summed E-state index contributed by atoms with van der Waals surface area (Å²) in [6.07, 6.45) is -0.657. The number of phenols is 1. The third-order valence-corrected chi connectivity index (χ3v) is 5.39. The van der Waals surface area contributed by atoms with Crippen molar-refractivity contribution in [2.75, 3.05) is 20.3 Å². The number of fused-ring (bicyclic) bond motifs is 1. The van der Waals surface area contributed by atoms with Crippen LogP contribution >= 0.6 is 11.3 Å². The van der Waals surface area contributed by atoms with Gasteiger partial charge < -0.3 is 24.8 Å². The summed E-state index contributed by atoms with van der Waals surface area (Å²) in [5, 5.41) is 12.9. The molecule has 3 rings (SSSR count). The van der Waals surface area contributed by atoms with Gasteiger partial charge in [-0.05, 0) is 43.7 Å². The molecule has 8 heteroatoms. The van der Waals surface area contributed by atoms with E-state index in [4.69, 9.17) is 4.74 Å². The first-order chi connectivity index (χ1) is 12.9. The van der Waals surface area contributed by atoms with Crippen LogP contribution in [0.5, 0.6) is 11.5 Å². The lowest BCUT2D eigenvalue weighted by atomic mass is 10.1. The summed E-state index contributed by atoms with van der Waals surface area (Å²) in [5.74, 6) is 0.216. The highest BCUT2D eigenvalue weighted by molar-refractivity contribution is 7.15. The molecule has 0 radical (unpaired) electrons. The van der Waals surface area contributed by atoms with Crippen molar-refractivity contribution in [3.8, 4) is 21.9 Å². The van der Waals surface area contributed by atoms with Crippen LogP contribution in [0.25, 0.3) is 10.4 Å². The number of rotatable bonds is 3. The second-order valence-electron chi connectivity index (χ2n) is 6.36. The van der Waals surface area contributed by atoms with E-state index in [1.165, 1.54) is 12.0 Å². The van der Waals surface area contributed by atoms with Gasteiger partial charge in [-0.1, -0.05) is 0 Å². The van der Waals surface area contributed by atoms with Gasteiger partial charge in [0.15, 0.2) is 11.5 Å². The van der Waals surface area contributed by atoms with E-state index in [9.17, 15) is 14.7 Å². The highest BCUT2D eigenvalue weighted by atomic mass is 32.1. The zero-order valence-electron chi connectivity index (χ0n) is 15.4. The smallest absolute Gasteiger partial charge is 0.407 e. The highest BCUT2D eigenvalue weighted by Crippen LogP contribution is 2.39. The second kappa shape index (κ2) is 7.87. The van der Waals surface area contributed by atoms with Crippen molar-refractivity contribution in [1.29, 1.82) is 0 Å². The zero-order chi connectivity index (χ0) is 19.6. The number of aryl methyl sites for hydroxylation is 1. The molecule has 1 aromatic heterocycles. The molecule has 2 amide bonds. The molecule has 1 aromatic carbocycles. The van der Waals surface area contributed by atoms with Gasteiger partial charge in [-0.3, -0.25) is 4.79 Å². The number of carbonyl (C=O) groups is 2. The fourth-order valence-corrected chi connectivity index (χ4v) is 3.85. The number of amides is 2. The Balaban J connectivity index is 1.86. The number of hydrogen-bond donors (Lipinski definition) is 2. The van der Waals surface area contributed by atoms with Crippen LogP contribution in [0.2, 0.25) is 0 Å². The quantitative estimate of drug-likeness (QED) is 0.841. The van der Waals surface area contributed by atoms with E-state index in [1.54, 1.807) is 29.2 Å². The monoisotopic (exact) mass is 390 g/mol. The lowest BCUT2D eigenvalue weighted by molar-refractivity contribution is -0.133. The molecule has 0 aliphatic carbocycles. The Morgan fingerprint density at radius 3 is 2.81 bits per heavy atom. The van der Waals surface area contributed by atoms with Crippen LogP contribution in [-0.4, -0.2) is 48.3 Å². The first kappa shape index (κ1) is 19.0. The predicted octanol–water partition coefficient (Wildman–Crippen LogP) is 2.89. The van der Waals surface area contributed by atoms with Gasteiger partial charge in [-0.25, -0.2) is 4.79 Å². The summed E-state index contributed by atoms with van der Waals surface area (Å²) in [6.45, 7) is 4.53. The molecule has 1 unspecified atom stereocenters. The van der Waals surface area contributed by atoms with E-state index in [1.807, 2.05) is 25.1 Å². The minimum atomic E-state index is -0.726. The number of nitrogens with zero attached hydrogens (tertiary/aromatic N) is 1. The fourth-order valence-electron chi connectivity index (χ4n) is 2.99. The molecule has 2 heterocycles. The van der Waals surface area contributed by atoms with Crippen molar-refractivity contribution in [3.05, 3.63) is 34.7 Å². The topological polar surface area (TPSA) is 88.1 Å². The number of thiophene rings is 1. The molecule has 0 fully saturated rings. The summed E-state index contributed by atoms with van der Waals surface area (Å²) in [5.41, 5.74) is 1.61. The first-order valence-electron chi connectivity index (χ1n) is 8.57. The number of nitrogens with one attached hydrogen (secondary N) is 1. The van der Waals surface area contributed by atoms with Crippen LogP contribution in [0.15, 0.2) is 24.3 Å². The minimum Gasteiger partial charge on any atom is -0.504 e. The van der Waals surface area contributed by atoms with Gasteiger partial charge >= 0.3 is 6.09 Å². The molecule has 2 aromatic rings. The number of hydrogen-bond acceptors (Lipinski definition) is 6. The lowest BCUT2D eigenvalue weighted by Crippen LogP contribution is -2.47. The highest BCUT2D eigenvalue weighted by Gasteiger charge is 2.27. The maximum Gasteiger partial charge on any atom is 0.407 e. The molecule has 1 aliphatic heterocycles. The normalized spacial score (nSPS) is 14.6. The molecular formula is C19H22N2O5S. The lowest BCUT2D eigenvalue weighted by Gasteiger charge is -2.24. The summed E-state index contributed by atoms with van der Waals surface area (Å²) in [6, 6.07) is 6.92. The van der Waals surface area contributed by atoms with Gasteiger partial charge in [-0.15, -0.1) is 11.3 Å². The second-order valence-corrected chi connectivity index (χ2v) is 7.65. The SMILES string of the molecule is COC(=O)NC(C)C(=O)N1CCOc2c(O)cc(-c3ccc(C)s3)cc2C1. The Morgan fingerprint density at radius 1 is 1.37 bits per heavy atom. The third kappa shape index (κ3) is 4.16. The number of alkyl carbamates (subject to hydrolysis) is 1. The van der Waals surface area contributed by atoms with Crippen LogP contribution in [0.1, 0.15) is 17.4 Å². The van der Waals surface area contributed by atoms with E-state index in [-0.39, 0.29) is 24.8 Å². The zero-order valence-corrected chi connectivity index (χ0v) is 16.3. The van der Waals surface area contributed by atoms with E-state index in [0.29, 0.717) is 12.3 Å². The molecule has 2 N–H and O–H groups in total. The number of benzene rings is 1. The van der Waals surface area contributed by atoms with Gasteiger partial charge in [0.2, 0.25) is 5.91 Å². The third-order valence-electron chi connectivity index (χ3n) is 4.34. The molecule has 0 saturated heterocycles. The van der Waals surface area contributed by atoms with Crippen LogP contribution in [-0.2, 0) is 16.1 Å². The van der Waals surface area contributed by atoms with Gasteiger partial charge in [0.05, 0.1) is 13.7 Å². The van der Waals surface area contributed by atoms with Crippen molar-refractivity contribution in [3.63, 3.8) is 0 Å². The first-order valence-corrected chi connectivity index (χ1v) is 9.39. The van der Waals surface area contributed by atoms with Crippen molar-refractivity contribution in [1.82, 2.24) is 10.2 Å². The fraction of sp³-hybridized carbons (Fsp3) is 0.368. The van der Waals surface area contributed by atoms with Crippen molar-refractivity contribution in [2.24, 2.45) is 0 Å². The molecule has 1 aliphatic rings. The summed E-state index contributed by atoms with van der Waals surface area (Å²) in [7, 11) is 1.25. The van der Waals surface area contributed by atoms with Crippen molar-refractivity contribution >= 4 is 23.3 Å². The van der Waals surface area contributed by atoms with Gasteiger partial charge in [0, 0.05) is 21.9 Å². The Morgan fingerprint density at radius 2 is 2.15 bits per heavy atom. The number of methoxy groups -OCH3 is 1.